The molecule has 0 spiro atoms. The van der Waals surface area contributed by atoms with Crippen molar-refractivity contribution in [3.8, 4) is 22.6 Å². The molecule has 0 radical (unpaired) electrons. The lowest BCUT2D eigenvalue weighted by Crippen LogP contribution is -2.40. The number of morpholine rings is 2. The van der Waals surface area contributed by atoms with Crippen LogP contribution in [-0.2, 0) is 26.9 Å². The molecular formula is C45H48N2O4. The second-order valence-electron chi connectivity index (χ2n) is 14.5. The maximum Gasteiger partial charge on any atom is 0.159 e. The summed E-state index contributed by atoms with van der Waals surface area (Å²) in [7, 11) is 1.76. The number of methoxy groups -OCH3 is 1. The number of rotatable bonds is 7. The summed E-state index contributed by atoms with van der Waals surface area (Å²) < 4.78 is 24.9. The van der Waals surface area contributed by atoms with Crippen LogP contribution in [0.2, 0.25) is 0 Å². The van der Waals surface area contributed by atoms with E-state index in [1.807, 2.05) is 0 Å². The van der Waals surface area contributed by atoms with Gasteiger partial charge < -0.3 is 28.7 Å². The third kappa shape index (κ3) is 5.05. The zero-order valence-electron chi connectivity index (χ0n) is 30.2. The van der Waals surface area contributed by atoms with E-state index < -0.39 is 5.60 Å². The van der Waals surface area contributed by atoms with E-state index >= 15 is 0 Å². The van der Waals surface area contributed by atoms with Crippen LogP contribution in [0.3, 0.4) is 0 Å². The predicted octanol–water partition coefficient (Wildman–Crippen LogP) is 8.88. The summed E-state index contributed by atoms with van der Waals surface area (Å²) in [4.78, 5) is 4.84. The Balaban J connectivity index is 1.24. The van der Waals surface area contributed by atoms with E-state index in [2.05, 4.69) is 115 Å². The van der Waals surface area contributed by atoms with Crippen LogP contribution >= 0.6 is 0 Å². The van der Waals surface area contributed by atoms with E-state index in [9.17, 15) is 0 Å². The Bertz CT molecular complexity index is 1990. The minimum Gasteiger partial charge on any atom is -0.497 e. The number of hydrogen-bond acceptors (Lipinski definition) is 6. The molecule has 2 fully saturated rings. The van der Waals surface area contributed by atoms with Crippen molar-refractivity contribution in [1.82, 2.24) is 0 Å². The molecule has 0 amide bonds. The van der Waals surface area contributed by atoms with Crippen LogP contribution in [0.1, 0.15) is 60.9 Å². The highest BCUT2D eigenvalue weighted by atomic mass is 16.5. The minimum absolute atomic E-state index is 0.0624. The van der Waals surface area contributed by atoms with Crippen LogP contribution in [0.4, 0.5) is 11.4 Å². The Morgan fingerprint density at radius 2 is 1.27 bits per heavy atom. The van der Waals surface area contributed by atoms with E-state index in [-0.39, 0.29) is 5.41 Å². The van der Waals surface area contributed by atoms with E-state index in [0.717, 1.165) is 95.2 Å². The van der Waals surface area contributed by atoms with E-state index in [1.54, 1.807) is 7.11 Å². The molecule has 5 aromatic carbocycles. The van der Waals surface area contributed by atoms with E-state index in [0.29, 0.717) is 0 Å². The van der Waals surface area contributed by atoms with Gasteiger partial charge in [0.05, 0.1) is 33.5 Å². The van der Waals surface area contributed by atoms with Crippen LogP contribution < -0.4 is 19.3 Å². The maximum atomic E-state index is 7.76. The molecule has 4 aliphatic rings. The van der Waals surface area contributed by atoms with Crippen LogP contribution in [-0.4, -0.2) is 59.7 Å². The van der Waals surface area contributed by atoms with Crippen LogP contribution in [0.15, 0.2) is 91.0 Å². The summed E-state index contributed by atoms with van der Waals surface area (Å²) in [6.45, 7) is 11.4. The summed E-state index contributed by atoms with van der Waals surface area (Å²) in [6.07, 6.45) is 3.84. The first-order valence-corrected chi connectivity index (χ1v) is 18.9. The predicted molar refractivity (Wildman–Crippen MR) is 206 cm³/mol. The minimum atomic E-state index is -0.670. The zero-order valence-corrected chi connectivity index (χ0v) is 30.2. The molecule has 0 unspecified atom stereocenters. The molecule has 262 valence electrons. The molecule has 0 saturated carbocycles. The number of nitrogens with zero attached hydrogens (tertiary/aromatic N) is 2. The number of anilines is 2. The third-order valence-electron chi connectivity index (χ3n) is 12.4. The number of benzene rings is 5. The second-order valence-corrected chi connectivity index (χ2v) is 14.5. The van der Waals surface area contributed by atoms with Gasteiger partial charge in [-0.15, -0.1) is 0 Å². The molecule has 6 nitrogen and oxygen atoms in total. The Morgan fingerprint density at radius 1 is 0.686 bits per heavy atom. The van der Waals surface area contributed by atoms with Crippen molar-refractivity contribution in [2.75, 3.05) is 69.5 Å². The Kier molecular flexibility index (Phi) is 8.20. The molecule has 6 heteroatoms. The molecular weight excluding hydrogens is 633 g/mol. The van der Waals surface area contributed by atoms with Gasteiger partial charge in [0.25, 0.3) is 0 Å². The van der Waals surface area contributed by atoms with Gasteiger partial charge in [-0.2, -0.15) is 0 Å². The van der Waals surface area contributed by atoms with Gasteiger partial charge in [0.1, 0.15) is 11.5 Å². The van der Waals surface area contributed by atoms with E-state index in [4.69, 9.17) is 18.9 Å². The summed E-state index contributed by atoms with van der Waals surface area (Å²) >= 11 is 0. The first-order chi connectivity index (χ1) is 25.1. The lowest BCUT2D eigenvalue weighted by Gasteiger charge is -2.43. The summed E-state index contributed by atoms with van der Waals surface area (Å²) in [5.74, 6) is 1.85. The largest absolute Gasteiger partial charge is 0.497 e. The molecule has 9 rings (SSSR count). The Labute approximate surface area is 301 Å². The van der Waals surface area contributed by atoms with Gasteiger partial charge in [-0.25, -0.2) is 0 Å². The van der Waals surface area contributed by atoms with Gasteiger partial charge in [-0.3, -0.25) is 0 Å². The first kappa shape index (κ1) is 32.4. The molecule has 1 aliphatic carbocycles. The van der Waals surface area contributed by atoms with Crippen LogP contribution in [0.25, 0.3) is 21.9 Å². The fraction of sp³-hybridized carbons (Fsp3) is 0.378. The van der Waals surface area contributed by atoms with Crippen molar-refractivity contribution < 1.29 is 18.9 Å². The average molecular weight is 681 g/mol. The molecule has 0 N–H and O–H groups in total. The smallest absolute Gasteiger partial charge is 0.159 e. The lowest BCUT2D eigenvalue weighted by atomic mass is 9.69. The van der Waals surface area contributed by atoms with Gasteiger partial charge in [0, 0.05) is 59.5 Å². The molecule has 0 bridgehead atoms. The SMILES string of the molecule is CCC1(CC)c2ccccc2-c2c1c1c(c3cc(OC)ccc23)OC(c2ccc(N3CCOCC3)cc2)(c2ccc(N3CCOCC3)cc2)CC1. The summed E-state index contributed by atoms with van der Waals surface area (Å²) in [5, 5.41) is 2.36. The Hall–Kier alpha value is -4.52. The van der Waals surface area contributed by atoms with Gasteiger partial charge >= 0.3 is 0 Å². The molecule has 2 saturated heterocycles. The highest BCUT2D eigenvalue weighted by molar-refractivity contribution is 6.07. The number of fused-ring (bicyclic) bond motifs is 8. The lowest BCUT2D eigenvalue weighted by molar-refractivity contribution is 0.0865. The fourth-order valence-electron chi connectivity index (χ4n) is 9.64. The fourth-order valence-corrected chi connectivity index (χ4v) is 9.64. The van der Waals surface area contributed by atoms with Gasteiger partial charge in [0.2, 0.25) is 0 Å². The molecule has 0 aromatic heterocycles. The van der Waals surface area contributed by atoms with Crippen molar-refractivity contribution in [2.45, 2.75) is 50.5 Å². The molecule has 3 heterocycles. The standard InChI is InChI=1S/C45H48N2O4/c1-4-44(5-2)40-9-7-6-8-37(40)41-36-19-18-35(48-3)30-39(36)43-38(42(41)44)20-21-45(51-43,31-10-14-33(15-11-31)46-22-26-49-27-23-46)32-12-16-34(17-13-32)47-24-28-50-29-25-47/h6-19,30H,4-5,20-29H2,1-3H3. The number of hydrogen-bond donors (Lipinski definition) is 0. The van der Waals surface area contributed by atoms with Crippen molar-refractivity contribution in [3.05, 3.63) is 119 Å². The normalized spacial score (nSPS) is 18.9. The highest BCUT2D eigenvalue weighted by Crippen LogP contribution is 2.61. The van der Waals surface area contributed by atoms with Crippen molar-refractivity contribution in [1.29, 1.82) is 0 Å². The highest BCUT2D eigenvalue weighted by Gasteiger charge is 2.48. The van der Waals surface area contributed by atoms with Crippen molar-refractivity contribution >= 4 is 22.1 Å². The summed E-state index contributed by atoms with van der Waals surface area (Å²) in [6, 6.07) is 34.0. The summed E-state index contributed by atoms with van der Waals surface area (Å²) in [5.41, 5.74) is 11.1. The second kappa shape index (κ2) is 12.9. The zero-order chi connectivity index (χ0) is 34.6. The average Bonchev–Trinajstić information content (AvgIpc) is 3.52. The van der Waals surface area contributed by atoms with E-state index in [1.165, 1.54) is 55.7 Å². The van der Waals surface area contributed by atoms with Crippen LogP contribution in [0.5, 0.6) is 11.5 Å². The number of ether oxygens (including phenoxy) is 4. The topological polar surface area (TPSA) is 43.4 Å². The maximum absolute atomic E-state index is 7.76. The van der Waals surface area contributed by atoms with Gasteiger partial charge in [-0.1, -0.05) is 62.4 Å². The Morgan fingerprint density at radius 3 is 1.84 bits per heavy atom. The molecule has 0 atom stereocenters. The molecule has 3 aliphatic heterocycles. The first-order valence-electron chi connectivity index (χ1n) is 18.9. The monoisotopic (exact) mass is 680 g/mol. The quantitative estimate of drug-likeness (QED) is 0.171. The van der Waals surface area contributed by atoms with Crippen molar-refractivity contribution in [3.63, 3.8) is 0 Å². The van der Waals surface area contributed by atoms with Gasteiger partial charge in [-0.05, 0) is 101 Å². The molecule has 5 aromatic rings. The van der Waals surface area contributed by atoms with Gasteiger partial charge in [0.15, 0.2) is 5.60 Å². The van der Waals surface area contributed by atoms with Crippen LogP contribution in [0, 0.1) is 0 Å². The molecule has 51 heavy (non-hydrogen) atoms. The third-order valence-corrected chi connectivity index (χ3v) is 12.4. The van der Waals surface area contributed by atoms with Crippen molar-refractivity contribution in [2.24, 2.45) is 0 Å².